The van der Waals surface area contributed by atoms with Gasteiger partial charge >= 0.3 is 0 Å². The van der Waals surface area contributed by atoms with Gasteiger partial charge in [0.2, 0.25) is 0 Å². The van der Waals surface area contributed by atoms with E-state index >= 15 is 0 Å². The minimum absolute atomic E-state index is 0. The van der Waals surface area contributed by atoms with Gasteiger partial charge < -0.3 is 10.6 Å². The molecule has 130 valence electrons. The van der Waals surface area contributed by atoms with Crippen molar-refractivity contribution in [3.8, 4) is 0 Å². The Hall–Kier alpha value is -0.350. The molecule has 0 bridgehead atoms. The Morgan fingerprint density at radius 1 is 1.35 bits per heavy atom. The summed E-state index contributed by atoms with van der Waals surface area (Å²) >= 11 is 3.52. The summed E-state index contributed by atoms with van der Waals surface area (Å²) < 4.78 is 23.4. The van der Waals surface area contributed by atoms with Gasteiger partial charge in [0.05, 0.1) is 5.75 Å². The molecule has 0 aliphatic heterocycles. The summed E-state index contributed by atoms with van der Waals surface area (Å²) in [7, 11) is -1.27. The lowest BCUT2D eigenvalue weighted by Crippen LogP contribution is -2.42. The highest BCUT2D eigenvalue weighted by Gasteiger charge is 2.44. The first-order chi connectivity index (χ1) is 10.3. The van der Waals surface area contributed by atoms with Crippen LogP contribution in [-0.2, 0) is 15.3 Å². The fraction of sp³-hybridized carbons (Fsp3) is 0.533. The van der Waals surface area contributed by atoms with E-state index in [9.17, 15) is 8.42 Å². The van der Waals surface area contributed by atoms with Crippen LogP contribution in [0.3, 0.4) is 0 Å². The number of hydrogen-bond donors (Lipinski definition) is 2. The molecule has 0 heterocycles. The number of halogens is 2. The van der Waals surface area contributed by atoms with Crippen LogP contribution in [0.25, 0.3) is 0 Å². The number of nitrogens with zero attached hydrogens (tertiary/aromatic N) is 1. The summed E-state index contributed by atoms with van der Waals surface area (Å²) in [6.07, 6.45) is 3.53. The number of rotatable bonds is 6. The van der Waals surface area contributed by atoms with Crippen LogP contribution in [0, 0.1) is 0 Å². The molecule has 0 amide bonds. The second-order valence-electron chi connectivity index (χ2n) is 5.77. The van der Waals surface area contributed by atoms with Crippen molar-refractivity contribution in [2.45, 2.75) is 18.3 Å². The van der Waals surface area contributed by atoms with Crippen molar-refractivity contribution in [3.63, 3.8) is 0 Å². The van der Waals surface area contributed by atoms with E-state index in [-0.39, 0.29) is 35.1 Å². The van der Waals surface area contributed by atoms with Crippen LogP contribution in [0.1, 0.15) is 18.4 Å². The van der Waals surface area contributed by atoms with Gasteiger partial charge in [0.1, 0.15) is 9.84 Å². The van der Waals surface area contributed by atoms with E-state index in [0.717, 1.165) is 23.9 Å². The van der Waals surface area contributed by atoms with Crippen molar-refractivity contribution < 1.29 is 8.42 Å². The Labute approximate surface area is 163 Å². The monoisotopic (exact) mass is 515 g/mol. The van der Waals surface area contributed by atoms with Gasteiger partial charge in [-0.25, -0.2) is 8.42 Å². The number of sulfone groups is 1. The highest BCUT2D eigenvalue weighted by molar-refractivity contribution is 14.0. The maximum atomic E-state index is 11.1. The Bertz CT molecular complexity index is 660. The largest absolute Gasteiger partial charge is 0.356 e. The molecule has 23 heavy (non-hydrogen) atoms. The van der Waals surface area contributed by atoms with Gasteiger partial charge in [-0.05, 0) is 30.5 Å². The molecular formula is C15H23BrIN3O2S. The average molecular weight is 516 g/mol. The zero-order valence-electron chi connectivity index (χ0n) is 13.3. The molecule has 0 aromatic heterocycles. The second-order valence-corrected chi connectivity index (χ2v) is 8.95. The molecule has 1 aromatic rings. The molecule has 1 fully saturated rings. The third-order valence-corrected chi connectivity index (χ3v) is 5.31. The summed E-state index contributed by atoms with van der Waals surface area (Å²) in [6.45, 7) is 1.16. The molecule has 0 unspecified atom stereocenters. The Kier molecular flexibility index (Phi) is 7.79. The van der Waals surface area contributed by atoms with E-state index in [1.54, 1.807) is 7.05 Å². The number of hydrogen-bond acceptors (Lipinski definition) is 3. The van der Waals surface area contributed by atoms with Gasteiger partial charge in [0, 0.05) is 36.3 Å². The normalized spacial score (nSPS) is 16.4. The molecule has 0 spiro atoms. The summed E-state index contributed by atoms with van der Waals surface area (Å²) in [6, 6.07) is 8.39. The van der Waals surface area contributed by atoms with Crippen molar-refractivity contribution in [3.05, 3.63) is 34.3 Å². The fourth-order valence-electron chi connectivity index (χ4n) is 2.37. The third kappa shape index (κ3) is 6.58. The molecule has 5 nitrogen and oxygen atoms in total. The lowest BCUT2D eigenvalue weighted by molar-refractivity contribution is 0.599. The van der Waals surface area contributed by atoms with E-state index in [0.29, 0.717) is 12.5 Å². The van der Waals surface area contributed by atoms with Crippen molar-refractivity contribution in [1.82, 2.24) is 10.6 Å². The highest BCUT2D eigenvalue weighted by atomic mass is 127. The van der Waals surface area contributed by atoms with Crippen molar-refractivity contribution in [1.29, 1.82) is 0 Å². The Balaban J connectivity index is 0.00000264. The van der Waals surface area contributed by atoms with E-state index in [1.165, 1.54) is 11.8 Å². The molecule has 0 atom stereocenters. The molecule has 1 saturated carbocycles. The molecule has 2 N–H and O–H groups in total. The minimum atomic E-state index is -2.96. The second kappa shape index (κ2) is 8.66. The summed E-state index contributed by atoms with van der Waals surface area (Å²) in [5.74, 6) is 0.745. The van der Waals surface area contributed by atoms with Crippen molar-refractivity contribution in [2.75, 3.05) is 32.1 Å². The maximum absolute atomic E-state index is 11.1. The third-order valence-electron chi connectivity index (χ3n) is 3.87. The predicted octanol–water partition coefficient (Wildman–Crippen LogP) is 2.31. The topological polar surface area (TPSA) is 70.6 Å². The molecule has 1 aliphatic carbocycles. The Morgan fingerprint density at radius 3 is 2.57 bits per heavy atom. The smallest absolute Gasteiger partial charge is 0.191 e. The first-order valence-corrected chi connectivity index (χ1v) is 10.1. The van der Waals surface area contributed by atoms with E-state index in [2.05, 4.69) is 49.8 Å². The first-order valence-electron chi connectivity index (χ1n) is 7.23. The average Bonchev–Trinajstić information content (AvgIpc) is 3.22. The van der Waals surface area contributed by atoms with Crippen LogP contribution in [0.5, 0.6) is 0 Å². The number of guanidine groups is 1. The summed E-state index contributed by atoms with van der Waals surface area (Å²) in [5, 5.41) is 6.34. The van der Waals surface area contributed by atoms with Crippen LogP contribution in [-0.4, -0.2) is 46.5 Å². The zero-order chi connectivity index (χ0) is 16.2. The predicted molar refractivity (Wildman–Crippen MR) is 110 cm³/mol. The molecule has 0 saturated heterocycles. The molecule has 1 aromatic carbocycles. The minimum Gasteiger partial charge on any atom is -0.356 e. The van der Waals surface area contributed by atoms with Crippen LogP contribution in [0.2, 0.25) is 0 Å². The van der Waals surface area contributed by atoms with Crippen molar-refractivity contribution >= 4 is 55.7 Å². The molecular weight excluding hydrogens is 493 g/mol. The summed E-state index contributed by atoms with van der Waals surface area (Å²) in [4.78, 5) is 4.14. The van der Waals surface area contributed by atoms with Gasteiger partial charge in [0.15, 0.2) is 5.96 Å². The van der Waals surface area contributed by atoms with E-state index in [1.807, 2.05) is 6.07 Å². The molecule has 2 rings (SSSR count). The Morgan fingerprint density at radius 2 is 2.04 bits per heavy atom. The van der Waals surface area contributed by atoms with Crippen LogP contribution in [0.4, 0.5) is 0 Å². The standard InChI is InChI=1S/C15H22BrN3O2S.HI/c1-17-14(18-8-9-22(2,20)21)19-11-15(6-7-15)12-4-3-5-13(16)10-12;/h3-5,10H,6-9,11H2,1-2H3,(H2,17,18,19);1H. The lowest BCUT2D eigenvalue weighted by atomic mass is 9.96. The number of nitrogens with one attached hydrogen (secondary N) is 2. The maximum Gasteiger partial charge on any atom is 0.191 e. The fourth-order valence-corrected chi connectivity index (χ4v) is 3.24. The first kappa shape index (κ1) is 20.7. The van der Waals surface area contributed by atoms with Crippen LogP contribution in [0.15, 0.2) is 33.7 Å². The lowest BCUT2D eigenvalue weighted by Gasteiger charge is -2.19. The van der Waals surface area contributed by atoms with Gasteiger partial charge in [-0.3, -0.25) is 4.99 Å². The van der Waals surface area contributed by atoms with E-state index < -0.39 is 9.84 Å². The zero-order valence-corrected chi connectivity index (χ0v) is 18.0. The highest BCUT2D eigenvalue weighted by Crippen LogP contribution is 2.48. The van der Waals surface area contributed by atoms with Gasteiger partial charge in [-0.1, -0.05) is 28.1 Å². The SMILES string of the molecule is CN=C(NCCS(C)(=O)=O)NCC1(c2cccc(Br)c2)CC1.I. The van der Waals surface area contributed by atoms with E-state index in [4.69, 9.17) is 0 Å². The quantitative estimate of drug-likeness (QED) is 0.346. The van der Waals surface area contributed by atoms with Gasteiger partial charge in [0.25, 0.3) is 0 Å². The number of benzene rings is 1. The van der Waals surface area contributed by atoms with Gasteiger partial charge in [-0.15, -0.1) is 24.0 Å². The molecule has 1 aliphatic rings. The van der Waals surface area contributed by atoms with Crippen LogP contribution < -0.4 is 10.6 Å². The summed E-state index contributed by atoms with van der Waals surface area (Å²) in [5.41, 5.74) is 1.49. The number of aliphatic imine (C=N–C) groups is 1. The van der Waals surface area contributed by atoms with Gasteiger partial charge in [-0.2, -0.15) is 0 Å². The van der Waals surface area contributed by atoms with Crippen LogP contribution >= 0.6 is 39.9 Å². The van der Waals surface area contributed by atoms with Crippen molar-refractivity contribution in [2.24, 2.45) is 4.99 Å². The molecule has 0 radical (unpaired) electrons. The molecule has 8 heteroatoms.